The minimum Gasteiger partial charge on any atom is -0.493 e. The number of methoxy groups -OCH3 is 1. The normalized spacial score (nSPS) is 10.6. The van der Waals surface area contributed by atoms with Crippen molar-refractivity contribution in [3.05, 3.63) is 65.2 Å². The molecule has 0 fully saturated rings. The van der Waals surface area contributed by atoms with Gasteiger partial charge in [0.15, 0.2) is 11.5 Å². The van der Waals surface area contributed by atoms with E-state index in [9.17, 15) is 4.79 Å². The number of carbonyl (C=O) groups excluding carboxylic acids is 1. The van der Waals surface area contributed by atoms with Gasteiger partial charge in [-0.05, 0) is 36.3 Å². The summed E-state index contributed by atoms with van der Waals surface area (Å²) in [6, 6.07) is 13.6. The average molecular weight is 297 g/mol. The lowest BCUT2D eigenvalue weighted by Crippen LogP contribution is -2.05. The van der Waals surface area contributed by atoms with Crippen LogP contribution < -0.4 is 15.2 Å². The van der Waals surface area contributed by atoms with Gasteiger partial charge >= 0.3 is 0 Å². The summed E-state index contributed by atoms with van der Waals surface area (Å²) < 4.78 is 11.1. The third-order valence-corrected chi connectivity index (χ3v) is 3.10. The van der Waals surface area contributed by atoms with Crippen LogP contribution in [0, 0.1) is 6.92 Å². The third kappa shape index (κ3) is 4.38. The SMILES string of the molecule is COc1cc(/C=C/C(N)=O)ccc1OCc1cccc(C)c1. The summed E-state index contributed by atoms with van der Waals surface area (Å²) in [5, 5.41) is 0. The molecule has 2 N–H and O–H groups in total. The Balaban J connectivity index is 2.12. The van der Waals surface area contributed by atoms with Crippen molar-refractivity contribution in [2.75, 3.05) is 7.11 Å². The zero-order valence-corrected chi connectivity index (χ0v) is 12.7. The molecule has 0 heterocycles. The van der Waals surface area contributed by atoms with Crippen LogP contribution in [0.15, 0.2) is 48.5 Å². The molecule has 1 amide bonds. The predicted molar refractivity (Wildman–Crippen MR) is 86.7 cm³/mol. The van der Waals surface area contributed by atoms with Crippen LogP contribution in [-0.2, 0) is 11.4 Å². The van der Waals surface area contributed by atoms with Crippen LogP contribution in [0.5, 0.6) is 11.5 Å². The Hall–Kier alpha value is -2.75. The summed E-state index contributed by atoms with van der Waals surface area (Å²) in [6.07, 6.45) is 2.94. The number of amides is 1. The first-order valence-corrected chi connectivity index (χ1v) is 6.92. The fourth-order valence-electron chi connectivity index (χ4n) is 2.05. The first-order valence-electron chi connectivity index (χ1n) is 6.92. The van der Waals surface area contributed by atoms with E-state index in [1.807, 2.05) is 37.3 Å². The van der Waals surface area contributed by atoms with Crippen molar-refractivity contribution in [1.82, 2.24) is 0 Å². The lowest BCUT2D eigenvalue weighted by Gasteiger charge is -2.11. The molecule has 0 aliphatic rings. The molecule has 0 unspecified atom stereocenters. The number of ether oxygens (including phenoxy) is 2. The van der Waals surface area contributed by atoms with E-state index in [1.54, 1.807) is 19.3 Å². The van der Waals surface area contributed by atoms with Gasteiger partial charge in [-0.15, -0.1) is 0 Å². The van der Waals surface area contributed by atoms with Crippen molar-refractivity contribution in [3.63, 3.8) is 0 Å². The van der Waals surface area contributed by atoms with E-state index in [0.717, 1.165) is 11.1 Å². The predicted octanol–water partition coefficient (Wildman–Crippen LogP) is 3.08. The minimum absolute atomic E-state index is 0.467. The number of aryl methyl sites for hydroxylation is 1. The highest BCUT2D eigenvalue weighted by molar-refractivity contribution is 5.90. The lowest BCUT2D eigenvalue weighted by atomic mass is 10.1. The van der Waals surface area contributed by atoms with Crippen molar-refractivity contribution in [2.45, 2.75) is 13.5 Å². The van der Waals surface area contributed by atoms with Gasteiger partial charge in [-0.2, -0.15) is 0 Å². The van der Waals surface area contributed by atoms with E-state index in [1.165, 1.54) is 11.6 Å². The molecule has 0 aliphatic heterocycles. The summed E-state index contributed by atoms with van der Waals surface area (Å²) in [6.45, 7) is 2.51. The van der Waals surface area contributed by atoms with E-state index in [0.29, 0.717) is 18.1 Å². The van der Waals surface area contributed by atoms with Crippen LogP contribution in [0.3, 0.4) is 0 Å². The van der Waals surface area contributed by atoms with Crippen LogP contribution in [-0.4, -0.2) is 13.0 Å². The summed E-state index contributed by atoms with van der Waals surface area (Å²) in [5.41, 5.74) is 8.19. The number of hydrogen-bond acceptors (Lipinski definition) is 3. The van der Waals surface area contributed by atoms with E-state index < -0.39 is 5.91 Å². The van der Waals surface area contributed by atoms with Crippen molar-refractivity contribution in [1.29, 1.82) is 0 Å². The molecule has 0 saturated carbocycles. The first-order chi connectivity index (χ1) is 10.6. The second-order valence-corrected chi connectivity index (χ2v) is 4.92. The molecule has 2 aromatic carbocycles. The molecule has 0 aliphatic carbocycles. The van der Waals surface area contributed by atoms with Gasteiger partial charge in [0.2, 0.25) is 5.91 Å². The van der Waals surface area contributed by atoms with Crippen molar-refractivity contribution >= 4 is 12.0 Å². The van der Waals surface area contributed by atoms with Crippen LogP contribution in [0.4, 0.5) is 0 Å². The quantitative estimate of drug-likeness (QED) is 0.833. The lowest BCUT2D eigenvalue weighted by molar-refractivity contribution is -0.113. The maximum Gasteiger partial charge on any atom is 0.241 e. The van der Waals surface area contributed by atoms with E-state index in [-0.39, 0.29) is 0 Å². The summed E-state index contributed by atoms with van der Waals surface area (Å²) >= 11 is 0. The highest BCUT2D eigenvalue weighted by Gasteiger charge is 2.05. The van der Waals surface area contributed by atoms with Crippen molar-refractivity contribution in [2.24, 2.45) is 5.73 Å². The van der Waals surface area contributed by atoms with Gasteiger partial charge in [-0.3, -0.25) is 4.79 Å². The van der Waals surface area contributed by atoms with Gasteiger partial charge in [-0.25, -0.2) is 0 Å². The maximum atomic E-state index is 10.8. The fourth-order valence-corrected chi connectivity index (χ4v) is 2.05. The van der Waals surface area contributed by atoms with Crippen LogP contribution >= 0.6 is 0 Å². The van der Waals surface area contributed by atoms with Gasteiger partial charge in [-0.1, -0.05) is 35.9 Å². The van der Waals surface area contributed by atoms with Gasteiger partial charge < -0.3 is 15.2 Å². The highest BCUT2D eigenvalue weighted by Crippen LogP contribution is 2.29. The Morgan fingerprint density at radius 2 is 2.00 bits per heavy atom. The number of hydrogen-bond donors (Lipinski definition) is 1. The Bertz CT molecular complexity index is 692. The molecular weight excluding hydrogens is 278 g/mol. The molecule has 0 atom stereocenters. The second kappa shape index (κ2) is 7.31. The zero-order chi connectivity index (χ0) is 15.9. The maximum absolute atomic E-state index is 10.8. The Morgan fingerprint density at radius 1 is 1.18 bits per heavy atom. The molecule has 0 bridgehead atoms. The molecule has 0 radical (unpaired) electrons. The van der Waals surface area contributed by atoms with Gasteiger partial charge in [0.25, 0.3) is 0 Å². The smallest absolute Gasteiger partial charge is 0.241 e. The summed E-state index contributed by atoms with van der Waals surface area (Å²) in [5.74, 6) is 0.776. The van der Waals surface area contributed by atoms with E-state index >= 15 is 0 Å². The summed E-state index contributed by atoms with van der Waals surface area (Å²) in [7, 11) is 1.58. The monoisotopic (exact) mass is 297 g/mol. The highest BCUT2D eigenvalue weighted by atomic mass is 16.5. The van der Waals surface area contributed by atoms with Crippen LogP contribution in [0.25, 0.3) is 6.08 Å². The number of benzene rings is 2. The second-order valence-electron chi connectivity index (χ2n) is 4.92. The molecule has 114 valence electrons. The Kier molecular flexibility index (Phi) is 5.20. The Morgan fingerprint density at radius 3 is 2.68 bits per heavy atom. The molecule has 0 spiro atoms. The minimum atomic E-state index is -0.487. The molecule has 22 heavy (non-hydrogen) atoms. The summed E-state index contributed by atoms with van der Waals surface area (Å²) in [4.78, 5) is 10.8. The molecular formula is C18H19NO3. The number of carbonyl (C=O) groups is 1. The molecule has 2 aromatic rings. The molecule has 2 rings (SSSR count). The standard InChI is InChI=1S/C18H19NO3/c1-13-4-3-5-15(10-13)12-22-16-8-6-14(7-9-18(19)20)11-17(16)21-2/h3-11H,12H2,1-2H3,(H2,19,20)/b9-7+. The number of primary amides is 1. The zero-order valence-electron chi connectivity index (χ0n) is 12.7. The van der Waals surface area contributed by atoms with Crippen molar-refractivity contribution in [3.8, 4) is 11.5 Å². The van der Waals surface area contributed by atoms with Crippen molar-refractivity contribution < 1.29 is 14.3 Å². The van der Waals surface area contributed by atoms with Gasteiger partial charge in [0, 0.05) is 6.08 Å². The third-order valence-electron chi connectivity index (χ3n) is 3.10. The topological polar surface area (TPSA) is 61.5 Å². The molecule has 0 saturated heterocycles. The first kappa shape index (κ1) is 15.6. The van der Waals surface area contributed by atoms with Crippen LogP contribution in [0.1, 0.15) is 16.7 Å². The molecule has 4 nitrogen and oxygen atoms in total. The van der Waals surface area contributed by atoms with E-state index in [2.05, 4.69) is 6.07 Å². The largest absolute Gasteiger partial charge is 0.493 e. The van der Waals surface area contributed by atoms with Gasteiger partial charge in [0.1, 0.15) is 6.61 Å². The number of nitrogens with two attached hydrogens (primary N) is 1. The van der Waals surface area contributed by atoms with Gasteiger partial charge in [0.05, 0.1) is 7.11 Å². The number of rotatable bonds is 6. The van der Waals surface area contributed by atoms with E-state index in [4.69, 9.17) is 15.2 Å². The Labute approximate surface area is 130 Å². The molecule has 4 heteroatoms. The average Bonchev–Trinajstić information content (AvgIpc) is 2.51. The van der Waals surface area contributed by atoms with Crippen LogP contribution in [0.2, 0.25) is 0 Å². The molecule has 0 aromatic heterocycles. The fraction of sp³-hybridized carbons (Fsp3) is 0.167.